The monoisotopic (exact) mass is 281 g/mol. The third kappa shape index (κ3) is 2.05. The molecule has 2 aromatic heterocycles. The lowest BCUT2D eigenvalue weighted by atomic mass is 9.99. The average Bonchev–Trinajstić information content (AvgIpc) is 2.84. The second kappa shape index (κ2) is 5.15. The van der Waals surface area contributed by atoms with Crippen LogP contribution in [0.1, 0.15) is 47.5 Å². The molecule has 0 aromatic carbocycles. The molecule has 0 radical (unpaired) electrons. The highest BCUT2D eigenvalue weighted by atomic mass is 16.3. The molecular weight excluding hydrogens is 266 g/mol. The van der Waals surface area contributed by atoms with Crippen molar-refractivity contribution in [2.75, 3.05) is 0 Å². The summed E-state index contributed by atoms with van der Waals surface area (Å²) in [5.74, 6) is -0.189. The summed E-state index contributed by atoms with van der Waals surface area (Å²) in [5.41, 5.74) is 2.74. The first-order valence-electron chi connectivity index (χ1n) is 6.91. The van der Waals surface area contributed by atoms with Gasteiger partial charge < -0.3 is 9.67 Å². The zero-order chi connectivity index (χ0) is 15.0. The molecule has 106 valence electrons. The number of pyridine rings is 1. The minimum atomic E-state index is -0.699. The fourth-order valence-corrected chi connectivity index (χ4v) is 3.06. The summed E-state index contributed by atoms with van der Waals surface area (Å²) in [6, 6.07) is 5.80. The molecule has 2 aromatic rings. The van der Waals surface area contributed by atoms with Gasteiger partial charge in [0.2, 0.25) is 0 Å². The standard InChI is InChI=1S/C16H15N3O2/c1-10(20)14-12(8-17)15(11-4-2-6-18-9-11)19-7-3-5-13(21)16(14)19/h2,4,6,9,13,21H,3,5,7H2,1H3. The summed E-state index contributed by atoms with van der Waals surface area (Å²) in [6.07, 6.45) is 4.07. The molecule has 0 bridgehead atoms. The first-order valence-corrected chi connectivity index (χ1v) is 6.91. The van der Waals surface area contributed by atoms with Crippen LogP contribution in [0.3, 0.4) is 0 Å². The molecule has 0 saturated carbocycles. The van der Waals surface area contributed by atoms with E-state index in [0.717, 1.165) is 12.0 Å². The Hall–Kier alpha value is -2.45. The Morgan fingerprint density at radius 3 is 3.00 bits per heavy atom. The number of aromatic nitrogens is 2. The normalized spacial score (nSPS) is 17.1. The maximum Gasteiger partial charge on any atom is 0.163 e. The lowest BCUT2D eigenvalue weighted by Gasteiger charge is -2.23. The Labute approximate surface area is 122 Å². The number of rotatable bonds is 2. The highest BCUT2D eigenvalue weighted by Gasteiger charge is 2.32. The average molecular weight is 281 g/mol. The fourth-order valence-electron chi connectivity index (χ4n) is 3.06. The van der Waals surface area contributed by atoms with Gasteiger partial charge >= 0.3 is 0 Å². The van der Waals surface area contributed by atoms with E-state index in [1.165, 1.54) is 6.92 Å². The van der Waals surface area contributed by atoms with Crippen molar-refractivity contribution in [2.45, 2.75) is 32.4 Å². The number of aliphatic hydroxyl groups is 1. The van der Waals surface area contributed by atoms with E-state index in [4.69, 9.17) is 0 Å². The van der Waals surface area contributed by atoms with Crippen molar-refractivity contribution >= 4 is 5.78 Å². The number of nitrogens with zero attached hydrogens (tertiary/aromatic N) is 3. The van der Waals surface area contributed by atoms with Crippen LogP contribution in [0.15, 0.2) is 24.5 Å². The highest BCUT2D eigenvalue weighted by Crippen LogP contribution is 2.38. The van der Waals surface area contributed by atoms with Gasteiger partial charge in [-0.3, -0.25) is 9.78 Å². The van der Waals surface area contributed by atoms with Crippen molar-refractivity contribution in [1.29, 1.82) is 5.26 Å². The van der Waals surface area contributed by atoms with Crippen molar-refractivity contribution in [2.24, 2.45) is 0 Å². The van der Waals surface area contributed by atoms with E-state index < -0.39 is 6.10 Å². The highest BCUT2D eigenvalue weighted by molar-refractivity contribution is 6.00. The largest absolute Gasteiger partial charge is 0.387 e. The smallest absolute Gasteiger partial charge is 0.163 e. The van der Waals surface area contributed by atoms with Gasteiger partial charge in [0.1, 0.15) is 6.07 Å². The van der Waals surface area contributed by atoms with Crippen LogP contribution in [-0.4, -0.2) is 20.4 Å². The van der Waals surface area contributed by atoms with E-state index in [1.54, 1.807) is 18.5 Å². The number of Topliss-reactive ketones (excluding diaryl/α,β-unsaturated/α-hetero) is 1. The van der Waals surface area contributed by atoms with E-state index in [-0.39, 0.29) is 5.78 Å². The van der Waals surface area contributed by atoms with E-state index in [2.05, 4.69) is 11.1 Å². The number of fused-ring (bicyclic) bond motifs is 1. The summed E-state index contributed by atoms with van der Waals surface area (Å²) in [6.45, 7) is 2.13. The minimum absolute atomic E-state index is 0.189. The van der Waals surface area contributed by atoms with Crippen molar-refractivity contribution in [1.82, 2.24) is 9.55 Å². The van der Waals surface area contributed by atoms with Crippen LogP contribution >= 0.6 is 0 Å². The van der Waals surface area contributed by atoms with Gasteiger partial charge in [-0.05, 0) is 31.9 Å². The van der Waals surface area contributed by atoms with E-state index >= 15 is 0 Å². The number of carbonyl (C=O) groups excluding carboxylic acids is 1. The lowest BCUT2D eigenvalue weighted by Crippen LogP contribution is -2.17. The van der Waals surface area contributed by atoms with Crippen LogP contribution in [0.5, 0.6) is 0 Å². The van der Waals surface area contributed by atoms with Gasteiger partial charge in [0.25, 0.3) is 0 Å². The molecule has 1 unspecified atom stereocenters. The lowest BCUT2D eigenvalue weighted by molar-refractivity contribution is 0.0995. The first kappa shape index (κ1) is 13.5. The molecule has 0 aliphatic carbocycles. The number of aliphatic hydroxyl groups excluding tert-OH is 1. The van der Waals surface area contributed by atoms with Crippen molar-refractivity contribution in [3.63, 3.8) is 0 Å². The van der Waals surface area contributed by atoms with Crippen LogP contribution in [-0.2, 0) is 6.54 Å². The van der Waals surface area contributed by atoms with E-state index in [0.29, 0.717) is 35.5 Å². The Morgan fingerprint density at radius 1 is 1.57 bits per heavy atom. The Kier molecular flexibility index (Phi) is 3.32. The van der Waals surface area contributed by atoms with Crippen molar-refractivity contribution in [3.8, 4) is 17.3 Å². The topological polar surface area (TPSA) is 78.9 Å². The third-order valence-electron chi connectivity index (χ3n) is 3.88. The summed E-state index contributed by atoms with van der Waals surface area (Å²) < 4.78 is 1.90. The summed E-state index contributed by atoms with van der Waals surface area (Å²) in [4.78, 5) is 16.1. The second-order valence-electron chi connectivity index (χ2n) is 5.20. The Balaban J connectivity index is 2.38. The summed E-state index contributed by atoms with van der Waals surface area (Å²) >= 11 is 0. The number of carbonyl (C=O) groups is 1. The molecule has 1 N–H and O–H groups in total. The van der Waals surface area contributed by atoms with Gasteiger partial charge in [0.15, 0.2) is 5.78 Å². The van der Waals surface area contributed by atoms with Gasteiger partial charge in [-0.1, -0.05) is 0 Å². The van der Waals surface area contributed by atoms with Gasteiger partial charge in [-0.2, -0.15) is 5.26 Å². The molecule has 0 saturated heterocycles. The molecule has 1 aliphatic rings. The predicted molar refractivity (Wildman–Crippen MR) is 76.6 cm³/mol. The van der Waals surface area contributed by atoms with E-state index in [1.807, 2.05) is 10.6 Å². The summed E-state index contributed by atoms with van der Waals surface area (Å²) in [7, 11) is 0. The molecule has 3 heterocycles. The molecule has 0 fully saturated rings. The molecule has 0 amide bonds. The minimum Gasteiger partial charge on any atom is -0.387 e. The number of hydrogen-bond donors (Lipinski definition) is 1. The zero-order valence-electron chi connectivity index (χ0n) is 11.7. The summed E-state index contributed by atoms with van der Waals surface area (Å²) in [5, 5.41) is 19.8. The number of nitriles is 1. The molecule has 5 nitrogen and oxygen atoms in total. The maximum absolute atomic E-state index is 12.0. The first-order chi connectivity index (χ1) is 10.1. The van der Waals surface area contributed by atoms with Crippen LogP contribution in [0.25, 0.3) is 11.3 Å². The van der Waals surface area contributed by atoms with Crippen LogP contribution in [0.4, 0.5) is 0 Å². The van der Waals surface area contributed by atoms with Gasteiger partial charge in [-0.15, -0.1) is 0 Å². The maximum atomic E-state index is 12.0. The Morgan fingerprint density at radius 2 is 2.38 bits per heavy atom. The van der Waals surface area contributed by atoms with Gasteiger partial charge in [-0.25, -0.2) is 0 Å². The zero-order valence-corrected chi connectivity index (χ0v) is 11.7. The SMILES string of the molecule is CC(=O)c1c(C#N)c(-c2cccnc2)n2c1C(O)CCC2. The van der Waals surface area contributed by atoms with Crippen molar-refractivity contribution in [3.05, 3.63) is 41.3 Å². The quantitative estimate of drug-likeness (QED) is 0.857. The van der Waals surface area contributed by atoms with Crippen LogP contribution in [0.2, 0.25) is 0 Å². The molecule has 5 heteroatoms. The molecule has 0 spiro atoms. The van der Waals surface area contributed by atoms with E-state index in [9.17, 15) is 15.2 Å². The number of ketones is 1. The molecular formula is C16H15N3O2. The van der Waals surface area contributed by atoms with Gasteiger partial charge in [0, 0.05) is 24.5 Å². The molecule has 3 rings (SSSR count). The Bertz CT molecular complexity index is 741. The fraction of sp³-hybridized carbons (Fsp3) is 0.312. The van der Waals surface area contributed by atoms with Crippen LogP contribution < -0.4 is 0 Å². The third-order valence-corrected chi connectivity index (χ3v) is 3.88. The second-order valence-corrected chi connectivity index (χ2v) is 5.20. The predicted octanol–water partition coefficient (Wildman–Crippen LogP) is 2.45. The molecule has 1 atom stereocenters. The van der Waals surface area contributed by atoms with Crippen molar-refractivity contribution < 1.29 is 9.90 Å². The van der Waals surface area contributed by atoms with Crippen LogP contribution in [0, 0.1) is 11.3 Å². The number of hydrogen-bond acceptors (Lipinski definition) is 4. The van der Waals surface area contributed by atoms with Gasteiger partial charge in [0.05, 0.1) is 28.6 Å². The molecule has 1 aliphatic heterocycles. The molecule has 21 heavy (non-hydrogen) atoms.